The van der Waals surface area contributed by atoms with E-state index in [9.17, 15) is 0 Å². The van der Waals surface area contributed by atoms with Crippen molar-refractivity contribution in [1.29, 1.82) is 0 Å². The van der Waals surface area contributed by atoms with Crippen molar-refractivity contribution in [3.8, 4) is 0 Å². The van der Waals surface area contributed by atoms with Crippen LogP contribution in [0, 0.1) is 11.8 Å². The van der Waals surface area contributed by atoms with Crippen LogP contribution >= 0.6 is 47.0 Å². The molecule has 0 spiro atoms. The van der Waals surface area contributed by atoms with E-state index in [1.54, 1.807) is 0 Å². The second-order valence-corrected chi connectivity index (χ2v) is 12.1. The molecule has 5 heteroatoms. The van der Waals surface area contributed by atoms with Crippen LogP contribution in [0.1, 0.15) is 39.5 Å². The van der Waals surface area contributed by atoms with Gasteiger partial charge in [0.2, 0.25) is 0 Å². The molecule has 2 atom stereocenters. The van der Waals surface area contributed by atoms with Gasteiger partial charge in [0.05, 0.1) is 9.16 Å². The molecule has 2 aliphatic rings. The van der Waals surface area contributed by atoms with E-state index < -0.39 is 0 Å². The van der Waals surface area contributed by atoms with Crippen molar-refractivity contribution >= 4 is 47.0 Å². The van der Waals surface area contributed by atoms with Gasteiger partial charge in [0.25, 0.3) is 0 Å². The summed E-state index contributed by atoms with van der Waals surface area (Å²) in [6, 6.07) is 0. The van der Waals surface area contributed by atoms with E-state index in [1.807, 2.05) is 0 Å². The summed E-state index contributed by atoms with van der Waals surface area (Å²) in [5, 5.41) is 0. The first kappa shape index (κ1) is 18.7. The Labute approximate surface area is 148 Å². The predicted molar refractivity (Wildman–Crippen MR) is 105 cm³/mol. The average Bonchev–Trinajstić information content (AvgIpc) is 2.49. The van der Waals surface area contributed by atoms with Crippen LogP contribution < -0.4 is 0 Å². The Morgan fingerprint density at radius 2 is 1.14 bits per heavy atom. The average molecular weight is 367 g/mol. The van der Waals surface area contributed by atoms with Crippen molar-refractivity contribution in [3.63, 3.8) is 0 Å². The molecule has 21 heavy (non-hydrogen) atoms. The van der Waals surface area contributed by atoms with E-state index in [4.69, 9.17) is 4.74 Å². The summed E-state index contributed by atoms with van der Waals surface area (Å²) < 4.78 is 7.65. The number of hydrogen-bond donors (Lipinski definition) is 0. The summed E-state index contributed by atoms with van der Waals surface area (Å²) in [4.78, 5) is 0. The topological polar surface area (TPSA) is 9.23 Å². The van der Waals surface area contributed by atoms with Gasteiger partial charge in [-0.2, -0.15) is 0 Å². The molecule has 2 saturated heterocycles. The zero-order valence-electron chi connectivity index (χ0n) is 13.4. The quantitative estimate of drug-likeness (QED) is 0.563. The van der Waals surface area contributed by atoms with Crippen molar-refractivity contribution < 1.29 is 4.74 Å². The zero-order chi connectivity index (χ0) is 14.9. The molecule has 1 nitrogen and oxygen atoms in total. The minimum Gasteiger partial charge on any atom is -0.381 e. The Balaban J connectivity index is 1.51. The van der Waals surface area contributed by atoms with E-state index in [-0.39, 0.29) is 0 Å². The lowest BCUT2D eigenvalue weighted by molar-refractivity contribution is 0.0777. The Hall–Kier alpha value is 1.36. The molecule has 0 N–H and O–H groups in total. The molecule has 2 fully saturated rings. The molecule has 2 heterocycles. The first-order valence-corrected chi connectivity index (χ1v) is 12.5. The van der Waals surface area contributed by atoms with E-state index in [2.05, 4.69) is 60.9 Å². The third-order valence-corrected chi connectivity index (χ3v) is 9.77. The summed E-state index contributed by atoms with van der Waals surface area (Å²) in [5.74, 6) is 6.85. The fourth-order valence-electron chi connectivity index (χ4n) is 2.61. The Kier molecular flexibility index (Phi) is 9.80. The largest absolute Gasteiger partial charge is 0.381 e. The van der Waals surface area contributed by atoms with Gasteiger partial charge in [-0.25, -0.2) is 0 Å². The third-order valence-electron chi connectivity index (χ3n) is 3.79. The summed E-state index contributed by atoms with van der Waals surface area (Å²) in [5.41, 5.74) is 0. The molecule has 0 radical (unpaired) electrons. The van der Waals surface area contributed by atoms with Crippen LogP contribution in [0.25, 0.3) is 0 Å². The molecular formula is C16H30OS4. The van der Waals surface area contributed by atoms with Crippen LogP contribution in [-0.2, 0) is 4.74 Å². The van der Waals surface area contributed by atoms with E-state index in [1.165, 1.54) is 48.7 Å². The third kappa shape index (κ3) is 8.14. The monoisotopic (exact) mass is 366 g/mol. The van der Waals surface area contributed by atoms with Crippen LogP contribution in [0.4, 0.5) is 0 Å². The summed E-state index contributed by atoms with van der Waals surface area (Å²) in [6.07, 6.45) is 5.42. The molecule has 0 aliphatic carbocycles. The van der Waals surface area contributed by atoms with Crippen molar-refractivity contribution in [2.45, 2.75) is 48.7 Å². The number of ether oxygens (including phenoxy) is 1. The van der Waals surface area contributed by atoms with Crippen LogP contribution in [-0.4, -0.2) is 45.4 Å². The molecule has 0 aromatic heterocycles. The van der Waals surface area contributed by atoms with Gasteiger partial charge in [0.15, 0.2) is 0 Å². The summed E-state index contributed by atoms with van der Waals surface area (Å²) in [7, 11) is 0. The smallest absolute Gasteiger partial charge is 0.0505 e. The number of rotatable bonds is 8. The second-order valence-electron chi connectivity index (χ2n) is 6.27. The molecule has 124 valence electrons. The van der Waals surface area contributed by atoms with Gasteiger partial charge in [0, 0.05) is 13.2 Å². The van der Waals surface area contributed by atoms with Crippen molar-refractivity contribution in [2.24, 2.45) is 11.8 Å². The highest BCUT2D eigenvalue weighted by atomic mass is 32.2. The van der Waals surface area contributed by atoms with Crippen LogP contribution in [0.2, 0.25) is 0 Å². The minimum atomic E-state index is 0.707. The highest BCUT2D eigenvalue weighted by Gasteiger charge is 2.19. The molecule has 0 aromatic rings. The molecule has 0 aromatic carbocycles. The number of hydrogen-bond acceptors (Lipinski definition) is 5. The minimum absolute atomic E-state index is 0.707. The maximum absolute atomic E-state index is 6.00. The molecular weight excluding hydrogens is 336 g/mol. The molecule has 0 saturated carbocycles. The van der Waals surface area contributed by atoms with Gasteiger partial charge in [-0.05, 0) is 60.5 Å². The van der Waals surface area contributed by atoms with Gasteiger partial charge in [0.1, 0.15) is 0 Å². The fraction of sp³-hybridized carbons (Fsp3) is 1.00. The molecule has 2 rings (SSSR count). The highest BCUT2D eigenvalue weighted by molar-refractivity contribution is 8.17. The van der Waals surface area contributed by atoms with Crippen LogP contribution in [0.5, 0.6) is 0 Å². The highest BCUT2D eigenvalue weighted by Crippen LogP contribution is 2.36. The van der Waals surface area contributed by atoms with Crippen molar-refractivity contribution in [2.75, 3.05) is 36.2 Å². The first-order valence-electron chi connectivity index (χ1n) is 8.28. The van der Waals surface area contributed by atoms with Gasteiger partial charge in [-0.3, -0.25) is 0 Å². The lowest BCUT2D eigenvalue weighted by Gasteiger charge is -2.25. The Morgan fingerprint density at radius 1 is 0.762 bits per heavy atom. The predicted octanol–water partition coefficient (Wildman–Crippen LogP) is 5.45. The van der Waals surface area contributed by atoms with E-state index >= 15 is 0 Å². The van der Waals surface area contributed by atoms with Gasteiger partial charge in [-0.1, -0.05) is 13.8 Å². The molecule has 2 aliphatic heterocycles. The van der Waals surface area contributed by atoms with Crippen molar-refractivity contribution in [1.82, 2.24) is 0 Å². The molecule has 0 amide bonds. The van der Waals surface area contributed by atoms with Crippen LogP contribution in [0.3, 0.4) is 0 Å². The Bertz CT molecular complexity index is 239. The van der Waals surface area contributed by atoms with Gasteiger partial charge in [-0.15, -0.1) is 47.0 Å². The lowest BCUT2D eigenvalue weighted by atomic mass is 10.1. The summed E-state index contributed by atoms with van der Waals surface area (Å²) in [6.45, 7) is 6.61. The fourth-order valence-corrected chi connectivity index (χ4v) is 9.05. The van der Waals surface area contributed by atoms with E-state index in [0.717, 1.165) is 22.4 Å². The van der Waals surface area contributed by atoms with Gasteiger partial charge >= 0.3 is 0 Å². The van der Waals surface area contributed by atoms with Gasteiger partial charge < -0.3 is 4.74 Å². The first-order chi connectivity index (χ1) is 10.2. The summed E-state index contributed by atoms with van der Waals surface area (Å²) >= 11 is 8.63. The zero-order valence-corrected chi connectivity index (χ0v) is 16.7. The normalized spacial score (nSPS) is 24.9. The lowest BCUT2D eigenvalue weighted by Crippen LogP contribution is -2.18. The van der Waals surface area contributed by atoms with Crippen molar-refractivity contribution in [3.05, 3.63) is 0 Å². The number of thioether (sulfide) groups is 4. The maximum Gasteiger partial charge on any atom is 0.0505 e. The molecule has 2 unspecified atom stereocenters. The molecule has 0 bridgehead atoms. The SMILES string of the molecule is CC(COCC(C)CC1SCCCS1)CC1SCCCS1. The Morgan fingerprint density at radius 3 is 1.52 bits per heavy atom. The second kappa shape index (κ2) is 11.0. The maximum atomic E-state index is 6.00. The van der Waals surface area contributed by atoms with Crippen LogP contribution in [0.15, 0.2) is 0 Å². The van der Waals surface area contributed by atoms with E-state index in [0.29, 0.717) is 11.8 Å². The standard InChI is InChI=1S/C16H30OS4/c1-13(9-15-18-5-3-6-19-15)11-17-12-14(2)10-16-20-7-4-8-21-16/h13-16H,3-12H2,1-2H3.